The van der Waals surface area contributed by atoms with Crippen LogP contribution in [-0.2, 0) is 14.3 Å². The third-order valence-electron chi connectivity index (χ3n) is 6.09. The van der Waals surface area contributed by atoms with Gasteiger partial charge in [-0.25, -0.2) is 0 Å². The Balaban J connectivity index is 1.29. The predicted octanol–water partition coefficient (Wildman–Crippen LogP) is 4.58. The van der Waals surface area contributed by atoms with Crippen LogP contribution in [0.4, 0.5) is 11.4 Å². The molecule has 3 aromatic carbocycles. The molecule has 2 aliphatic rings. The van der Waals surface area contributed by atoms with Crippen molar-refractivity contribution in [2.45, 2.75) is 6.42 Å². The highest BCUT2D eigenvalue weighted by Crippen LogP contribution is 2.36. The predicted molar refractivity (Wildman–Crippen MR) is 150 cm³/mol. The first-order valence-corrected chi connectivity index (χ1v) is 13.4. The minimum absolute atomic E-state index is 0.0356. The van der Waals surface area contributed by atoms with Gasteiger partial charge in [0.25, 0.3) is 0 Å². The van der Waals surface area contributed by atoms with Crippen molar-refractivity contribution in [2.75, 3.05) is 63.3 Å². The van der Waals surface area contributed by atoms with Gasteiger partial charge in [-0.2, -0.15) is 0 Å². The number of para-hydroxylation sites is 2. The Morgan fingerprint density at radius 2 is 1.60 bits per heavy atom. The number of carbonyl (C=O) groups excluding carboxylic acids is 2. The van der Waals surface area contributed by atoms with Crippen molar-refractivity contribution in [2.24, 2.45) is 0 Å². The maximum atomic E-state index is 13.1. The Morgan fingerprint density at radius 3 is 2.48 bits per heavy atom. The quantitative estimate of drug-likeness (QED) is 0.473. The van der Waals surface area contributed by atoms with Gasteiger partial charge in [-0.15, -0.1) is 0 Å². The van der Waals surface area contributed by atoms with Gasteiger partial charge < -0.3 is 34.3 Å². The van der Waals surface area contributed by atoms with E-state index in [1.807, 2.05) is 12.1 Å². The van der Waals surface area contributed by atoms with E-state index in [2.05, 4.69) is 10.6 Å². The number of hydrogen-bond acceptors (Lipinski definition) is 8. The second-order valence-corrected chi connectivity index (χ2v) is 9.61. The molecule has 0 bridgehead atoms. The highest BCUT2D eigenvalue weighted by atomic mass is 35.5. The van der Waals surface area contributed by atoms with E-state index >= 15 is 0 Å². The molecule has 0 unspecified atom stereocenters. The van der Waals surface area contributed by atoms with Crippen molar-refractivity contribution in [3.63, 3.8) is 0 Å². The SMILES string of the molecule is O=C(CN1CCOCCOc2ccccc2Oc2ccc(Cl)cc2NC(=O)C1)Nc1ccc2c(c1)OCCCO2. The normalized spacial score (nSPS) is 16.4. The minimum Gasteiger partial charge on any atom is -0.490 e. The Hall–Kier alpha value is -3.99. The zero-order valence-electron chi connectivity index (χ0n) is 21.8. The molecule has 0 aromatic heterocycles. The second kappa shape index (κ2) is 13.4. The fourth-order valence-electron chi connectivity index (χ4n) is 4.22. The molecule has 2 heterocycles. The largest absolute Gasteiger partial charge is 0.490 e. The molecule has 10 nitrogen and oxygen atoms in total. The molecule has 0 aliphatic carbocycles. The molecule has 40 heavy (non-hydrogen) atoms. The molecule has 0 saturated carbocycles. The lowest BCUT2D eigenvalue weighted by molar-refractivity contribution is -0.120. The molecular formula is C29H30ClN3O7. The molecule has 0 radical (unpaired) electrons. The fraction of sp³-hybridized carbons (Fsp3) is 0.310. The van der Waals surface area contributed by atoms with Crippen LogP contribution < -0.4 is 29.6 Å². The molecule has 0 saturated heterocycles. The monoisotopic (exact) mass is 567 g/mol. The number of rotatable bonds is 3. The number of anilines is 2. The Morgan fingerprint density at radius 1 is 0.850 bits per heavy atom. The molecule has 2 amide bonds. The zero-order chi connectivity index (χ0) is 27.7. The third kappa shape index (κ3) is 7.56. The summed E-state index contributed by atoms with van der Waals surface area (Å²) in [5, 5.41) is 6.17. The van der Waals surface area contributed by atoms with Crippen molar-refractivity contribution in [1.82, 2.24) is 4.90 Å². The lowest BCUT2D eigenvalue weighted by Crippen LogP contribution is -2.40. The van der Waals surface area contributed by atoms with E-state index < -0.39 is 0 Å². The summed E-state index contributed by atoms with van der Waals surface area (Å²) >= 11 is 6.22. The lowest BCUT2D eigenvalue weighted by atomic mass is 10.2. The van der Waals surface area contributed by atoms with Gasteiger partial charge in [0.2, 0.25) is 11.8 Å². The van der Waals surface area contributed by atoms with Gasteiger partial charge in [-0.05, 0) is 42.5 Å². The molecule has 0 fully saturated rings. The van der Waals surface area contributed by atoms with Crippen LogP contribution in [0.1, 0.15) is 6.42 Å². The van der Waals surface area contributed by atoms with Crippen LogP contribution in [0.5, 0.6) is 28.7 Å². The highest BCUT2D eigenvalue weighted by Gasteiger charge is 2.19. The van der Waals surface area contributed by atoms with E-state index in [4.69, 9.17) is 35.3 Å². The molecule has 210 valence electrons. The van der Waals surface area contributed by atoms with Crippen molar-refractivity contribution in [3.05, 3.63) is 65.7 Å². The smallest absolute Gasteiger partial charge is 0.238 e. The zero-order valence-corrected chi connectivity index (χ0v) is 22.6. The van der Waals surface area contributed by atoms with Gasteiger partial charge in [0.05, 0.1) is 45.2 Å². The van der Waals surface area contributed by atoms with Gasteiger partial charge in [-0.1, -0.05) is 23.7 Å². The van der Waals surface area contributed by atoms with E-state index in [0.717, 1.165) is 6.42 Å². The molecule has 3 aromatic rings. The number of nitrogens with one attached hydrogen (secondary N) is 2. The van der Waals surface area contributed by atoms with Crippen LogP contribution in [-0.4, -0.2) is 69.4 Å². The van der Waals surface area contributed by atoms with E-state index in [1.165, 1.54) is 0 Å². The summed E-state index contributed by atoms with van der Waals surface area (Å²) < 4.78 is 29.0. The average Bonchev–Trinajstić information content (AvgIpc) is 3.17. The maximum absolute atomic E-state index is 13.1. The Bertz CT molecular complexity index is 1350. The van der Waals surface area contributed by atoms with E-state index in [9.17, 15) is 9.59 Å². The second-order valence-electron chi connectivity index (χ2n) is 9.17. The van der Waals surface area contributed by atoms with Crippen LogP contribution in [0.2, 0.25) is 5.02 Å². The number of nitrogens with zero attached hydrogens (tertiary/aromatic N) is 1. The van der Waals surface area contributed by atoms with Gasteiger partial charge in [0.1, 0.15) is 6.61 Å². The van der Waals surface area contributed by atoms with E-state index in [-0.39, 0.29) is 24.9 Å². The van der Waals surface area contributed by atoms with Crippen molar-refractivity contribution < 1.29 is 33.3 Å². The first kappa shape index (κ1) is 27.6. The topological polar surface area (TPSA) is 108 Å². The number of hydrogen-bond donors (Lipinski definition) is 2. The summed E-state index contributed by atoms with van der Waals surface area (Å²) in [4.78, 5) is 27.8. The number of ether oxygens (including phenoxy) is 5. The highest BCUT2D eigenvalue weighted by molar-refractivity contribution is 6.31. The van der Waals surface area contributed by atoms with Crippen molar-refractivity contribution in [1.29, 1.82) is 0 Å². The van der Waals surface area contributed by atoms with Crippen LogP contribution in [0, 0.1) is 0 Å². The van der Waals surface area contributed by atoms with Crippen molar-refractivity contribution in [3.8, 4) is 28.7 Å². The number of amides is 2. The number of benzene rings is 3. The summed E-state index contributed by atoms with van der Waals surface area (Å²) in [5.74, 6) is 2.04. The number of halogens is 1. The van der Waals surface area contributed by atoms with Gasteiger partial charge >= 0.3 is 0 Å². The lowest BCUT2D eigenvalue weighted by Gasteiger charge is -2.22. The summed E-state index contributed by atoms with van der Waals surface area (Å²) in [7, 11) is 0. The van der Waals surface area contributed by atoms with Gasteiger partial charge in [0.15, 0.2) is 28.7 Å². The Labute approximate surface area is 237 Å². The average molecular weight is 568 g/mol. The number of carbonyl (C=O) groups is 2. The number of fused-ring (bicyclic) bond motifs is 3. The van der Waals surface area contributed by atoms with E-state index in [0.29, 0.717) is 84.7 Å². The Kier molecular flexibility index (Phi) is 9.22. The molecule has 5 rings (SSSR count). The molecular weight excluding hydrogens is 538 g/mol. The minimum atomic E-state index is -0.338. The molecule has 2 N–H and O–H groups in total. The molecule has 11 heteroatoms. The van der Waals surface area contributed by atoms with Crippen molar-refractivity contribution >= 4 is 34.8 Å². The van der Waals surface area contributed by atoms with Crippen LogP contribution in [0.15, 0.2) is 60.7 Å². The summed E-state index contributed by atoms with van der Waals surface area (Å²) in [6.07, 6.45) is 0.789. The summed E-state index contributed by atoms with van der Waals surface area (Å²) in [6, 6.07) is 17.5. The molecule has 0 atom stereocenters. The van der Waals surface area contributed by atoms with Gasteiger partial charge in [-0.3, -0.25) is 14.5 Å². The van der Waals surface area contributed by atoms with Gasteiger partial charge in [0, 0.05) is 29.7 Å². The molecule has 0 spiro atoms. The van der Waals surface area contributed by atoms with Crippen LogP contribution in [0.25, 0.3) is 0 Å². The van der Waals surface area contributed by atoms with E-state index in [1.54, 1.807) is 53.4 Å². The summed E-state index contributed by atoms with van der Waals surface area (Å²) in [6.45, 7) is 2.30. The fourth-order valence-corrected chi connectivity index (χ4v) is 4.39. The third-order valence-corrected chi connectivity index (χ3v) is 6.32. The standard InChI is InChI=1S/C29H30ClN3O7/c30-20-6-8-23-22(16-20)32-29(35)19-33(10-13-36-14-15-39-24-4-1-2-5-26(24)40-23)18-28(34)31-21-7-9-25-27(17-21)38-12-3-11-37-25/h1-2,4-9,16-17H,3,10-15,18-19H2,(H,31,34)(H,32,35). The first-order valence-electron chi connectivity index (χ1n) is 13.0. The summed E-state index contributed by atoms with van der Waals surface area (Å²) in [5.41, 5.74) is 0.973. The first-order chi connectivity index (χ1) is 19.5. The van der Waals surface area contributed by atoms with Crippen LogP contribution >= 0.6 is 11.6 Å². The van der Waals surface area contributed by atoms with Crippen LogP contribution in [0.3, 0.4) is 0 Å². The maximum Gasteiger partial charge on any atom is 0.238 e. The molecule has 2 aliphatic heterocycles.